The minimum absolute atomic E-state index is 0.137. The molecule has 6 nitrogen and oxygen atoms in total. The van der Waals surface area contributed by atoms with Crippen molar-refractivity contribution >= 4 is 11.6 Å². The Morgan fingerprint density at radius 2 is 1.95 bits per heavy atom. The molecule has 0 saturated heterocycles. The van der Waals surface area contributed by atoms with Crippen LogP contribution < -0.4 is 10.5 Å². The van der Waals surface area contributed by atoms with E-state index in [1.54, 1.807) is 43.3 Å². The number of ether oxygens (including phenoxy) is 1. The molecule has 1 heterocycles. The zero-order valence-corrected chi connectivity index (χ0v) is 12.2. The Morgan fingerprint density at radius 3 is 2.64 bits per heavy atom. The zero-order valence-electron chi connectivity index (χ0n) is 11.5. The summed E-state index contributed by atoms with van der Waals surface area (Å²) in [5.41, 5.74) is 1.09. The van der Waals surface area contributed by atoms with E-state index in [1.165, 1.54) is 6.07 Å². The van der Waals surface area contributed by atoms with Crippen LogP contribution in [0.25, 0.3) is 5.69 Å². The molecule has 0 saturated carbocycles. The molecule has 0 unspecified atom stereocenters. The first kappa shape index (κ1) is 14.2. The highest BCUT2D eigenvalue weighted by molar-refractivity contribution is 6.30. The molecule has 0 aliphatic carbocycles. The number of phenols is 1. The highest BCUT2D eigenvalue weighted by Crippen LogP contribution is 2.22. The second-order valence-electron chi connectivity index (χ2n) is 4.57. The van der Waals surface area contributed by atoms with Gasteiger partial charge in [-0.05, 0) is 55.0 Å². The number of rotatable bonds is 3. The largest absolute Gasteiger partial charge is 0.508 e. The fourth-order valence-electron chi connectivity index (χ4n) is 1.84. The molecule has 0 aliphatic rings. The van der Waals surface area contributed by atoms with Crippen LogP contribution in [-0.2, 0) is 0 Å². The summed E-state index contributed by atoms with van der Waals surface area (Å²) in [6, 6.07) is 11.2. The standard InChI is InChI=1S/C15H11ClN2O4/c1-9-8-11(4-7-13(9)19)18-15(20)22-14(17-18)21-12-5-2-10(16)3-6-12/h2-8,19H,1H3. The van der Waals surface area contributed by atoms with E-state index in [0.29, 0.717) is 22.0 Å². The molecule has 1 N–H and O–H groups in total. The Morgan fingerprint density at radius 1 is 1.23 bits per heavy atom. The summed E-state index contributed by atoms with van der Waals surface area (Å²) in [6.45, 7) is 1.72. The molecule has 1 aromatic heterocycles. The third kappa shape index (κ3) is 2.82. The van der Waals surface area contributed by atoms with Crippen LogP contribution in [0.4, 0.5) is 0 Å². The lowest BCUT2D eigenvalue weighted by Crippen LogP contribution is -2.13. The lowest BCUT2D eigenvalue weighted by atomic mass is 10.2. The van der Waals surface area contributed by atoms with Gasteiger partial charge in [0, 0.05) is 5.02 Å². The van der Waals surface area contributed by atoms with E-state index < -0.39 is 5.76 Å². The van der Waals surface area contributed by atoms with Crippen molar-refractivity contribution in [3.05, 3.63) is 63.6 Å². The van der Waals surface area contributed by atoms with Crippen molar-refractivity contribution < 1.29 is 14.3 Å². The molecule has 0 bridgehead atoms. The third-order valence-corrected chi connectivity index (χ3v) is 3.22. The molecule has 22 heavy (non-hydrogen) atoms. The smallest absolute Gasteiger partial charge is 0.444 e. The van der Waals surface area contributed by atoms with Gasteiger partial charge in [-0.1, -0.05) is 16.7 Å². The predicted octanol–water partition coefficient (Wildman–Crippen LogP) is 3.29. The Kier molecular flexibility index (Phi) is 3.60. The fourth-order valence-corrected chi connectivity index (χ4v) is 1.97. The van der Waals surface area contributed by atoms with Crippen LogP contribution in [0.1, 0.15) is 5.56 Å². The molecular formula is C15H11ClN2O4. The quantitative estimate of drug-likeness (QED) is 0.801. The molecule has 112 valence electrons. The number of nitrogens with zero attached hydrogens (tertiary/aromatic N) is 2. The van der Waals surface area contributed by atoms with Gasteiger partial charge >= 0.3 is 11.8 Å². The van der Waals surface area contributed by atoms with Crippen molar-refractivity contribution in [2.75, 3.05) is 0 Å². The van der Waals surface area contributed by atoms with Crippen LogP contribution in [0.5, 0.6) is 17.6 Å². The van der Waals surface area contributed by atoms with Crippen molar-refractivity contribution in [2.24, 2.45) is 0 Å². The third-order valence-electron chi connectivity index (χ3n) is 2.97. The maximum absolute atomic E-state index is 11.9. The highest BCUT2D eigenvalue weighted by Gasteiger charge is 2.12. The van der Waals surface area contributed by atoms with Gasteiger partial charge in [0.25, 0.3) is 0 Å². The molecule has 3 aromatic rings. The van der Waals surface area contributed by atoms with Gasteiger partial charge in [0.05, 0.1) is 5.69 Å². The van der Waals surface area contributed by atoms with Gasteiger partial charge < -0.3 is 14.3 Å². The molecule has 0 amide bonds. The first-order valence-corrected chi connectivity index (χ1v) is 6.74. The van der Waals surface area contributed by atoms with Crippen molar-refractivity contribution in [1.82, 2.24) is 9.78 Å². The Hall–Kier alpha value is -2.73. The van der Waals surface area contributed by atoms with E-state index >= 15 is 0 Å². The molecule has 0 aliphatic heterocycles. The number of phenolic OH excluding ortho intramolecular Hbond substituents is 1. The zero-order chi connectivity index (χ0) is 15.7. The van der Waals surface area contributed by atoms with E-state index in [-0.39, 0.29) is 11.8 Å². The van der Waals surface area contributed by atoms with E-state index in [4.69, 9.17) is 20.8 Å². The Bertz CT molecular complexity index is 868. The lowest BCUT2D eigenvalue weighted by Gasteiger charge is -2.02. The average molecular weight is 319 g/mol. The van der Waals surface area contributed by atoms with Crippen LogP contribution >= 0.6 is 11.6 Å². The van der Waals surface area contributed by atoms with Crippen LogP contribution in [0.15, 0.2) is 51.7 Å². The molecule has 7 heteroatoms. The first-order chi connectivity index (χ1) is 10.5. The van der Waals surface area contributed by atoms with Crippen LogP contribution in [0.2, 0.25) is 5.02 Å². The second kappa shape index (κ2) is 5.57. The van der Waals surface area contributed by atoms with Crippen LogP contribution in [-0.4, -0.2) is 14.9 Å². The molecule has 0 radical (unpaired) electrons. The SMILES string of the molecule is Cc1cc(-n2nc(Oc3ccc(Cl)cc3)oc2=O)ccc1O. The van der Waals surface area contributed by atoms with Crippen LogP contribution in [0.3, 0.4) is 0 Å². The van der Waals surface area contributed by atoms with Gasteiger partial charge in [-0.2, -0.15) is 4.68 Å². The van der Waals surface area contributed by atoms with E-state index in [1.807, 2.05) is 0 Å². The van der Waals surface area contributed by atoms with Gasteiger partial charge in [-0.25, -0.2) is 4.79 Å². The lowest BCUT2D eigenvalue weighted by molar-refractivity contribution is 0.320. The summed E-state index contributed by atoms with van der Waals surface area (Å²) in [6.07, 6.45) is -0.182. The summed E-state index contributed by atoms with van der Waals surface area (Å²) in [5.74, 6) is -0.105. The predicted molar refractivity (Wildman–Crippen MR) is 80.0 cm³/mol. The van der Waals surface area contributed by atoms with E-state index in [9.17, 15) is 9.90 Å². The summed E-state index contributed by atoms with van der Waals surface area (Å²) >= 11 is 5.78. The summed E-state index contributed by atoms with van der Waals surface area (Å²) in [4.78, 5) is 11.9. The Labute approximate surface area is 130 Å². The fraction of sp³-hybridized carbons (Fsp3) is 0.0667. The van der Waals surface area contributed by atoms with Crippen molar-refractivity contribution in [2.45, 2.75) is 6.92 Å². The van der Waals surface area contributed by atoms with Crippen LogP contribution in [0, 0.1) is 6.92 Å². The Balaban J connectivity index is 1.92. The van der Waals surface area contributed by atoms with E-state index in [0.717, 1.165) is 4.68 Å². The molecule has 3 rings (SSSR count). The number of halogens is 1. The molecule has 0 atom stereocenters. The summed E-state index contributed by atoms with van der Waals surface area (Å²) < 4.78 is 11.4. The number of benzene rings is 2. The van der Waals surface area contributed by atoms with Gasteiger partial charge in [-0.15, -0.1) is 0 Å². The van der Waals surface area contributed by atoms with E-state index in [2.05, 4.69) is 5.10 Å². The second-order valence-corrected chi connectivity index (χ2v) is 5.01. The average Bonchev–Trinajstić information content (AvgIpc) is 2.85. The normalized spacial score (nSPS) is 10.6. The molecule has 2 aromatic carbocycles. The van der Waals surface area contributed by atoms with Gasteiger partial charge in [0.15, 0.2) is 0 Å². The number of aromatic nitrogens is 2. The maximum atomic E-state index is 11.9. The maximum Gasteiger partial charge on any atom is 0.444 e. The van der Waals surface area contributed by atoms with Gasteiger partial charge in [0.2, 0.25) is 0 Å². The van der Waals surface area contributed by atoms with Gasteiger partial charge in [-0.3, -0.25) is 0 Å². The number of hydrogen-bond donors (Lipinski definition) is 1. The summed E-state index contributed by atoms with van der Waals surface area (Å²) in [5, 5.41) is 14.1. The molecule has 0 spiro atoms. The van der Waals surface area contributed by atoms with Crippen molar-refractivity contribution in [3.63, 3.8) is 0 Å². The minimum atomic E-state index is -0.686. The monoisotopic (exact) mass is 318 g/mol. The van der Waals surface area contributed by atoms with Crippen molar-refractivity contribution in [1.29, 1.82) is 0 Å². The number of hydrogen-bond acceptors (Lipinski definition) is 5. The summed E-state index contributed by atoms with van der Waals surface area (Å²) in [7, 11) is 0. The number of aryl methyl sites for hydroxylation is 1. The van der Waals surface area contributed by atoms with Crippen molar-refractivity contribution in [3.8, 4) is 23.3 Å². The molecule has 0 fully saturated rings. The topological polar surface area (TPSA) is 77.5 Å². The first-order valence-electron chi connectivity index (χ1n) is 6.36. The minimum Gasteiger partial charge on any atom is -0.508 e. The van der Waals surface area contributed by atoms with Gasteiger partial charge in [0.1, 0.15) is 11.5 Å². The number of aromatic hydroxyl groups is 1. The highest BCUT2D eigenvalue weighted by atomic mass is 35.5. The molecular weight excluding hydrogens is 308 g/mol.